The number of carbonyl (C=O) groups is 2. The maximum atomic E-state index is 14.0. The number of fused-ring (bicyclic) bond motifs is 1. The highest BCUT2D eigenvalue weighted by molar-refractivity contribution is 9.10. The molecule has 5 rings (SSSR count). The van der Waals surface area contributed by atoms with Crippen LogP contribution in [0.1, 0.15) is 61.3 Å². The number of carbonyl (C=O) groups excluding carboxylic acids is 2. The molecule has 0 N–H and O–H groups in total. The average molecular weight is 680 g/mol. The number of hydrogen-bond donors (Lipinski definition) is 0. The summed E-state index contributed by atoms with van der Waals surface area (Å²) in [5, 5.41) is 0. The normalized spacial score (nSPS) is 14.7. The van der Waals surface area contributed by atoms with Crippen LogP contribution in [-0.2, 0) is 14.3 Å². The number of rotatable bonds is 10. The molecule has 2 aromatic heterocycles. The molecule has 1 unspecified atom stereocenters. The third-order valence-corrected chi connectivity index (χ3v) is 8.57. The van der Waals surface area contributed by atoms with Gasteiger partial charge in [-0.05, 0) is 78.2 Å². The van der Waals surface area contributed by atoms with Gasteiger partial charge < -0.3 is 18.6 Å². The zero-order valence-electron chi connectivity index (χ0n) is 24.7. The van der Waals surface area contributed by atoms with Gasteiger partial charge in [0.05, 0.1) is 52.2 Å². The SMILES string of the molecule is CCCC1=C(C(=O)OCC)C(c2ccc(OC)c(Br)c2)n2c(s/c(=C\c3ccc(-c4ccc(C(=O)OCC)cc4)o3)c2=O)=N1. The van der Waals surface area contributed by atoms with E-state index in [2.05, 4.69) is 15.9 Å². The second kappa shape index (κ2) is 13.6. The molecule has 4 aromatic rings. The van der Waals surface area contributed by atoms with Gasteiger partial charge in [0.15, 0.2) is 4.80 Å². The Balaban J connectivity index is 1.60. The Labute approximate surface area is 266 Å². The fraction of sp³-hybridized carbons (Fsp3) is 0.273. The Morgan fingerprint density at radius 1 is 1.02 bits per heavy atom. The van der Waals surface area contributed by atoms with Crippen LogP contribution in [0, 0.1) is 0 Å². The summed E-state index contributed by atoms with van der Waals surface area (Å²) in [6.07, 6.45) is 2.98. The lowest BCUT2D eigenvalue weighted by Gasteiger charge is -2.26. The minimum Gasteiger partial charge on any atom is -0.496 e. The van der Waals surface area contributed by atoms with Crippen molar-refractivity contribution in [2.75, 3.05) is 20.3 Å². The van der Waals surface area contributed by atoms with Crippen LogP contribution in [0.4, 0.5) is 0 Å². The Bertz CT molecular complexity index is 1920. The van der Waals surface area contributed by atoms with Crippen molar-refractivity contribution in [3.8, 4) is 17.1 Å². The van der Waals surface area contributed by atoms with E-state index in [-0.39, 0.29) is 18.1 Å². The van der Waals surface area contributed by atoms with Gasteiger partial charge in [0.1, 0.15) is 17.3 Å². The van der Waals surface area contributed by atoms with Gasteiger partial charge in [0.2, 0.25) is 0 Å². The number of nitrogens with zero attached hydrogens (tertiary/aromatic N) is 2. The van der Waals surface area contributed by atoms with Gasteiger partial charge in [-0.15, -0.1) is 0 Å². The van der Waals surface area contributed by atoms with E-state index in [0.717, 1.165) is 12.0 Å². The van der Waals surface area contributed by atoms with Crippen LogP contribution in [0.5, 0.6) is 5.75 Å². The molecular weight excluding hydrogens is 648 g/mol. The Kier molecular flexibility index (Phi) is 9.65. The van der Waals surface area contributed by atoms with E-state index in [9.17, 15) is 14.4 Å². The molecule has 0 saturated heterocycles. The van der Waals surface area contributed by atoms with E-state index < -0.39 is 12.0 Å². The first-order valence-electron chi connectivity index (χ1n) is 14.2. The smallest absolute Gasteiger partial charge is 0.338 e. The summed E-state index contributed by atoms with van der Waals surface area (Å²) in [7, 11) is 1.57. The fourth-order valence-electron chi connectivity index (χ4n) is 4.99. The highest BCUT2D eigenvalue weighted by Gasteiger charge is 2.34. The molecule has 0 spiro atoms. The van der Waals surface area contributed by atoms with Crippen molar-refractivity contribution in [2.45, 2.75) is 39.7 Å². The number of furan rings is 1. The fourth-order valence-corrected chi connectivity index (χ4v) is 6.55. The number of halogens is 1. The van der Waals surface area contributed by atoms with Crippen LogP contribution in [0.2, 0.25) is 0 Å². The van der Waals surface area contributed by atoms with Crippen LogP contribution in [-0.4, -0.2) is 36.8 Å². The van der Waals surface area contributed by atoms with E-state index in [0.29, 0.717) is 66.5 Å². The molecule has 1 aliphatic heterocycles. The molecule has 9 nitrogen and oxygen atoms in total. The number of ether oxygens (including phenoxy) is 3. The Morgan fingerprint density at radius 2 is 1.75 bits per heavy atom. The molecule has 228 valence electrons. The molecule has 1 aliphatic rings. The topological polar surface area (TPSA) is 109 Å². The summed E-state index contributed by atoms with van der Waals surface area (Å²) in [5.41, 5.74) is 2.57. The quantitative estimate of drug-likeness (QED) is 0.196. The highest BCUT2D eigenvalue weighted by atomic mass is 79.9. The van der Waals surface area contributed by atoms with Crippen LogP contribution in [0.25, 0.3) is 17.4 Å². The van der Waals surface area contributed by atoms with Crippen molar-refractivity contribution >= 4 is 45.3 Å². The minimum atomic E-state index is -0.749. The van der Waals surface area contributed by atoms with Crippen molar-refractivity contribution in [1.82, 2.24) is 4.57 Å². The lowest BCUT2D eigenvalue weighted by molar-refractivity contribution is -0.139. The zero-order valence-corrected chi connectivity index (χ0v) is 27.1. The van der Waals surface area contributed by atoms with Gasteiger partial charge in [-0.1, -0.05) is 42.9 Å². The number of esters is 2. The third kappa shape index (κ3) is 6.20. The molecule has 0 bridgehead atoms. The van der Waals surface area contributed by atoms with Crippen molar-refractivity contribution in [3.05, 3.63) is 107 Å². The van der Waals surface area contributed by atoms with Crippen LogP contribution >= 0.6 is 27.3 Å². The number of benzene rings is 2. The maximum Gasteiger partial charge on any atom is 0.338 e. The van der Waals surface area contributed by atoms with Gasteiger partial charge in [0, 0.05) is 11.6 Å². The van der Waals surface area contributed by atoms with Gasteiger partial charge in [-0.3, -0.25) is 9.36 Å². The van der Waals surface area contributed by atoms with Crippen LogP contribution in [0.3, 0.4) is 0 Å². The Hall–Kier alpha value is -4.22. The number of allylic oxidation sites excluding steroid dienone is 1. The zero-order chi connectivity index (χ0) is 31.4. The lowest BCUT2D eigenvalue weighted by atomic mass is 9.94. The van der Waals surface area contributed by atoms with E-state index in [1.165, 1.54) is 11.3 Å². The molecule has 0 aliphatic carbocycles. The molecule has 0 amide bonds. The molecule has 44 heavy (non-hydrogen) atoms. The van der Waals surface area contributed by atoms with Crippen molar-refractivity contribution in [2.24, 2.45) is 4.99 Å². The average Bonchev–Trinajstić information content (AvgIpc) is 3.61. The van der Waals surface area contributed by atoms with Crippen LogP contribution < -0.4 is 19.6 Å². The van der Waals surface area contributed by atoms with Gasteiger partial charge in [0.25, 0.3) is 5.56 Å². The van der Waals surface area contributed by atoms with Crippen molar-refractivity contribution < 1.29 is 28.2 Å². The first-order valence-corrected chi connectivity index (χ1v) is 15.8. The second-order valence-electron chi connectivity index (χ2n) is 9.81. The molecule has 11 heteroatoms. The van der Waals surface area contributed by atoms with Crippen molar-refractivity contribution in [3.63, 3.8) is 0 Å². The summed E-state index contributed by atoms with van der Waals surface area (Å²) in [6, 6.07) is 15.2. The van der Waals surface area contributed by atoms with Gasteiger partial charge in [-0.25, -0.2) is 14.6 Å². The van der Waals surface area contributed by atoms with Crippen molar-refractivity contribution in [1.29, 1.82) is 0 Å². The van der Waals surface area contributed by atoms with Gasteiger partial charge >= 0.3 is 11.9 Å². The summed E-state index contributed by atoms with van der Waals surface area (Å²) in [4.78, 5) is 44.7. The monoisotopic (exact) mass is 678 g/mol. The first kappa shape index (κ1) is 31.2. The Morgan fingerprint density at radius 3 is 2.41 bits per heavy atom. The molecule has 0 saturated carbocycles. The summed E-state index contributed by atoms with van der Waals surface area (Å²) in [6.45, 7) is 6.01. The second-order valence-corrected chi connectivity index (χ2v) is 11.7. The molecular formula is C33H31BrN2O7S. The third-order valence-electron chi connectivity index (χ3n) is 6.96. The minimum absolute atomic E-state index is 0.192. The van der Waals surface area contributed by atoms with E-state index in [1.807, 2.05) is 19.1 Å². The first-order chi connectivity index (χ1) is 21.3. The molecule has 3 heterocycles. The largest absolute Gasteiger partial charge is 0.496 e. The van der Waals surface area contributed by atoms with Gasteiger partial charge in [-0.2, -0.15) is 0 Å². The number of methoxy groups -OCH3 is 1. The predicted molar refractivity (Wildman–Crippen MR) is 170 cm³/mol. The van der Waals surface area contributed by atoms with E-state index >= 15 is 0 Å². The maximum absolute atomic E-state index is 14.0. The summed E-state index contributed by atoms with van der Waals surface area (Å²) >= 11 is 4.78. The standard InChI is InChI=1S/C33H31BrN2O7S/c1-5-8-24-28(32(39)42-7-3)29(21-13-15-26(40-4)23(34)17-21)36-30(37)27(44-33(36)35-24)18-22-14-16-25(43-22)19-9-11-20(12-10-19)31(38)41-6-2/h9-18,29H,5-8H2,1-4H3/b27-18-. The molecule has 2 aromatic carbocycles. The molecule has 0 fully saturated rings. The highest BCUT2D eigenvalue weighted by Crippen LogP contribution is 2.36. The molecule has 1 atom stereocenters. The number of hydrogen-bond acceptors (Lipinski definition) is 9. The summed E-state index contributed by atoms with van der Waals surface area (Å²) < 4.78 is 24.6. The van der Waals surface area contributed by atoms with E-state index in [4.69, 9.17) is 23.6 Å². The van der Waals surface area contributed by atoms with E-state index in [1.54, 1.807) is 74.1 Å². The molecule has 0 radical (unpaired) electrons. The van der Waals surface area contributed by atoms with Crippen LogP contribution in [0.15, 0.2) is 84.5 Å². The lowest BCUT2D eigenvalue weighted by Crippen LogP contribution is -2.40. The summed E-state index contributed by atoms with van der Waals surface area (Å²) in [5.74, 6) is 0.788. The number of thiazole rings is 1. The number of aromatic nitrogens is 1. The predicted octanol–water partition coefficient (Wildman–Crippen LogP) is 5.79.